The summed E-state index contributed by atoms with van der Waals surface area (Å²) in [5.41, 5.74) is 1.95. The zero-order chi connectivity index (χ0) is 21.0. The van der Waals surface area contributed by atoms with Gasteiger partial charge in [0.2, 0.25) is 5.91 Å². The second-order valence-electron chi connectivity index (χ2n) is 6.81. The number of amides is 4. The van der Waals surface area contributed by atoms with E-state index in [9.17, 15) is 19.2 Å². The molecule has 3 rings (SSSR count). The molecule has 1 heterocycles. The monoisotopic (exact) mass is 393 g/mol. The standard InChI is InChI=1S/C22H23N3O4/c1-3-5-11-25-21(28)17-10-9-14(12-18(17)22(25)29)20(27)24-16-8-6-7-15(13-16)23-19(26)4-2/h6-10,12-13H,3-5,11H2,1-2H3,(H,23,26)(H,24,27). The van der Waals surface area contributed by atoms with Crippen molar-refractivity contribution < 1.29 is 19.2 Å². The van der Waals surface area contributed by atoms with E-state index in [0.29, 0.717) is 29.9 Å². The van der Waals surface area contributed by atoms with Gasteiger partial charge in [-0.05, 0) is 42.8 Å². The predicted molar refractivity (Wildman–Crippen MR) is 110 cm³/mol. The summed E-state index contributed by atoms with van der Waals surface area (Å²) in [6.07, 6.45) is 1.97. The predicted octanol–water partition coefficient (Wildman–Crippen LogP) is 3.68. The second-order valence-corrected chi connectivity index (χ2v) is 6.81. The first-order chi connectivity index (χ1) is 13.9. The van der Waals surface area contributed by atoms with Crippen molar-refractivity contribution in [1.29, 1.82) is 0 Å². The van der Waals surface area contributed by atoms with E-state index in [1.54, 1.807) is 31.2 Å². The lowest BCUT2D eigenvalue weighted by Crippen LogP contribution is -2.30. The van der Waals surface area contributed by atoms with Crippen molar-refractivity contribution in [2.24, 2.45) is 0 Å². The Morgan fingerprint density at radius 3 is 2.28 bits per heavy atom. The van der Waals surface area contributed by atoms with Gasteiger partial charge in [0.1, 0.15) is 0 Å². The molecule has 0 bridgehead atoms. The average Bonchev–Trinajstić information content (AvgIpc) is 2.96. The van der Waals surface area contributed by atoms with Crippen LogP contribution in [0.1, 0.15) is 64.2 Å². The molecule has 4 amide bonds. The fraction of sp³-hybridized carbons (Fsp3) is 0.273. The van der Waals surface area contributed by atoms with Crippen molar-refractivity contribution in [1.82, 2.24) is 4.90 Å². The normalized spacial score (nSPS) is 12.7. The van der Waals surface area contributed by atoms with E-state index in [1.165, 1.54) is 23.1 Å². The van der Waals surface area contributed by atoms with Gasteiger partial charge in [0, 0.05) is 29.9 Å². The summed E-state index contributed by atoms with van der Waals surface area (Å²) in [5, 5.41) is 5.49. The van der Waals surface area contributed by atoms with Crippen molar-refractivity contribution in [3.8, 4) is 0 Å². The van der Waals surface area contributed by atoms with Crippen LogP contribution in [0.4, 0.5) is 11.4 Å². The second kappa shape index (κ2) is 8.68. The number of nitrogens with one attached hydrogen (secondary N) is 2. The number of nitrogens with zero attached hydrogens (tertiary/aromatic N) is 1. The van der Waals surface area contributed by atoms with Gasteiger partial charge in [0.25, 0.3) is 17.7 Å². The van der Waals surface area contributed by atoms with Crippen molar-refractivity contribution in [2.75, 3.05) is 17.2 Å². The van der Waals surface area contributed by atoms with Crippen LogP contribution in [0, 0.1) is 0 Å². The maximum absolute atomic E-state index is 12.6. The van der Waals surface area contributed by atoms with Crippen LogP contribution < -0.4 is 10.6 Å². The van der Waals surface area contributed by atoms with Gasteiger partial charge in [-0.25, -0.2) is 0 Å². The van der Waals surface area contributed by atoms with Crippen molar-refractivity contribution in [2.45, 2.75) is 33.1 Å². The lowest BCUT2D eigenvalue weighted by molar-refractivity contribution is -0.115. The van der Waals surface area contributed by atoms with Crippen LogP contribution in [-0.2, 0) is 4.79 Å². The molecule has 0 radical (unpaired) electrons. The molecule has 1 aliphatic rings. The Morgan fingerprint density at radius 1 is 0.897 bits per heavy atom. The van der Waals surface area contributed by atoms with E-state index < -0.39 is 5.91 Å². The van der Waals surface area contributed by atoms with Crippen LogP contribution in [0.5, 0.6) is 0 Å². The van der Waals surface area contributed by atoms with Crippen LogP contribution in [0.2, 0.25) is 0 Å². The quantitative estimate of drug-likeness (QED) is 0.702. The highest BCUT2D eigenvalue weighted by atomic mass is 16.2. The van der Waals surface area contributed by atoms with Gasteiger partial charge < -0.3 is 10.6 Å². The number of carbonyl (C=O) groups excluding carboxylic acids is 4. The smallest absolute Gasteiger partial charge is 0.261 e. The third-order valence-electron chi connectivity index (χ3n) is 4.69. The molecule has 1 aliphatic heterocycles. The van der Waals surface area contributed by atoms with Crippen LogP contribution >= 0.6 is 0 Å². The Bertz CT molecular complexity index is 984. The van der Waals surface area contributed by atoms with Crippen LogP contribution in [0.15, 0.2) is 42.5 Å². The van der Waals surface area contributed by atoms with Crippen molar-refractivity contribution >= 4 is 35.0 Å². The summed E-state index contributed by atoms with van der Waals surface area (Å²) in [4.78, 5) is 50.4. The molecule has 0 aromatic heterocycles. The van der Waals surface area contributed by atoms with Crippen molar-refractivity contribution in [3.05, 3.63) is 59.2 Å². The Balaban J connectivity index is 1.76. The summed E-state index contributed by atoms with van der Waals surface area (Å²) in [6.45, 7) is 4.12. The highest BCUT2D eigenvalue weighted by Gasteiger charge is 2.35. The molecule has 0 aliphatic carbocycles. The molecule has 0 atom stereocenters. The van der Waals surface area contributed by atoms with Crippen LogP contribution in [0.25, 0.3) is 0 Å². The molecule has 29 heavy (non-hydrogen) atoms. The van der Waals surface area contributed by atoms with Crippen molar-refractivity contribution in [3.63, 3.8) is 0 Å². The Labute approximate surface area is 169 Å². The number of anilines is 2. The number of unbranched alkanes of at least 4 members (excludes halogenated alkanes) is 1. The first kappa shape index (κ1) is 20.3. The molecular weight excluding hydrogens is 370 g/mol. The summed E-state index contributed by atoms with van der Waals surface area (Å²) < 4.78 is 0. The van der Waals surface area contributed by atoms with Gasteiger partial charge in [0.05, 0.1) is 11.1 Å². The SMILES string of the molecule is CCCCN1C(=O)c2ccc(C(=O)Nc3cccc(NC(=O)CC)c3)cc2C1=O. The largest absolute Gasteiger partial charge is 0.326 e. The van der Waals surface area contributed by atoms with Gasteiger partial charge >= 0.3 is 0 Å². The Kier molecular flexibility index (Phi) is 6.07. The summed E-state index contributed by atoms with van der Waals surface area (Å²) in [6, 6.07) is 11.3. The number of benzene rings is 2. The molecule has 2 aromatic rings. The third-order valence-corrected chi connectivity index (χ3v) is 4.69. The van der Waals surface area contributed by atoms with Gasteiger partial charge in [-0.3, -0.25) is 24.1 Å². The van der Waals surface area contributed by atoms with E-state index in [4.69, 9.17) is 0 Å². The highest BCUT2D eigenvalue weighted by Crippen LogP contribution is 2.25. The molecule has 0 fully saturated rings. The summed E-state index contributed by atoms with van der Waals surface area (Å²) in [7, 11) is 0. The molecule has 0 unspecified atom stereocenters. The molecule has 0 saturated heterocycles. The fourth-order valence-electron chi connectivity index (χ4n) is 3.08. The summed E-state index contributed by atoms with van der Waals surface area (Å²) in [5.74, 6) is -1.20. The van der Waals surface area contributed by atoms with E-state index in [0.717, 1.165) is 12.8 Å². The number of hydrogen-bond donors (Lipinski definition) is 2. The minimum Gasteiger partial charge on any atom is -0.326 e. The van der Waals surface area contributed by atoms with Gasteiger partial charge in [-0.1, -0.05) is 26.3 Å². The molecule has 2 N–H and O–H groups in total. The number of rotatable bonds is 7. The topological polar surface area (TPSA) is 95.6 Å². The minimum atomic E-state index is -0.404. The van der Waals surface area contributed by atoms with E-state index in [-0.39, 0.29) is 28.8 Å². The lowest BCUT2D eigenvalue weighted by atomic mass is 10.1. The van der Waals surface area contributed by atoms with Crippen LogP contribution in [0.3, 0.4) is 0 Å². The number of fused-ring (bicyclic) bond motifs is 1. The number of hydrogen-bond acceptors (Lipinski definition) is 4. The molecule has 0 spiro atoms. The van der Waals surface area contributed by atoms with Gasteiger partial charge in [0.15, 0.2) is 0 Å². The fourth-order valence-corrected chi connectivity index (χ4v) is 3.08. The number of imide groups is 1. The minimum absolute atomic E-state index is 0.122. The molecule has 0 saturated carbocycles. The zero-order valence-electron chi connectivity index (χ0n) is 16.5. The summed E-state index contributed by atoms with van der Waals surface area (Å²) >= 11 is 0. The van der Waals surface area contributed by atoms with Gasteiger partial charge in [-0.2, -0.15) is 0 Å². The first-order valence-electron chi connectivity index (χ1n) is 9.66. The average molecular weight is 393 g/mol. The molecule has 7 nitrogen and oxygen atoms in total. The molecule has 150 valence electrons. The van der Waals surface area contributed by atoms with E-state index >= 15 is 0 Å². The maximum atomic E-state index is 12.6. The van der Waals surface area contributed by atoms with Gasteiger partial charge in [-0.15, -0.1) is 0 Å². The molecular formula is C22H23N3O4. The first-order valence-corrected chi connectivity index (χ1v) is 9.66. The maximum Gasteiger partial charge on any atom is 0.261 e. The number of carbonyl (C=O) groups is 4. The Hall–Kier alpha value is -3.48. The van der Waals surface area contributed by atoms with E-state index in [2.05, 4.69) is 10.6 Å². The lowest BCUT2D eigenvalue weighted by Gasteiger charge is -2.12. The zero-order valence-corrected chi connectivity index (χ0v) is 16.5. The van der Waals surface area contributed by atoms with Crippen LogP contribution in [-0.4, -0.2) is 35.1 Å². The van der Waals surface area contributed by atoms with E-state index in [1.807, 2.05) is 6.92 Å². The molecule has 7 heteroatoms. The molecule has 2 aromatic carbocycles. The highest BCUT2D eigenvalue weighted by molar-refractivity contribution is 6.22. The third kappa shape index (κ3) is 4.34. The Morgan fingerprint density at radius 2 is 1.59 bits per heavy atom.